The Morgan fingerprint density at radius 1 is 1.39 bits per heavy atom. The van der Waals surface area contributed by atoms with Gasteiger partial charge < -0.3 is 5.32 Å². The van der Waals surface area contributed by atoms with E-state index in [1.807, 2.05) is 0 Å². The number of aryl methyl sites for hydroxylation is 2. The molecule has 0 aromatic carbocycles. The fourth-order valence-electron chi connectivity index (χ4n) is 3.14. The molecule has 0 unspecified atom stereocenters. The quantitative estimate of drug-likeness (QED) is 0.814. The van der Waals surface area contributed by atoms with E-state index in [0.29, 0.717) is 18.4 Å². The number of hydrogen-bond acceptors (Lipinski definition) is 4. The molecule has 1 aliphatic carbocycles. The first kappa shape index (κ1) is 16.2. The van der Waals surface area contributed by atoms with E-state index in [0.717, 1.165) is 36.0 Å². The van der Waals surface area contributed by atoms with Crippen LogP contribution >= 0.6 is 11.3 Å². The van der Waals surface area contributed by atoms with Crippen molar-refractivity contribution < 1.29 is 0 Å². The number of allylic oxidation sites excluding steroid dienone is 1. The maximum atomic E-state index is 13.0. The van der Waals surface area contributed by atoms with Crippen molar-refractivity contribution in [2.45, 2.75) is 52.5 Å². The topological polar surface area (TPSA) is 46.9 Å². The number of nitrogens with zero attached hydrogens (tertiary/aromatic N) is 2. The zero-order chi connectivity index (χ0) is 16.4. The van der Waals surface area contributed by atoms with Gasteiger partial charge in [-0.25, -0.2) is 4.98 Å². The van der Waals surface area contributed by atoms with Gasteiger partial charge in [0, 0.05) is 18.0 Å². The molecule has 0 saturated carbocycles. The molecule has 124 valence electrons. The fraction of sp³-hybridized carbons (Fsp3) is 0.556. The molecule has 0 atom stereocenters. The van der Waals surface area contributed by atoms with Crippen molar-refractivity contribution in [1.82, 2.24) is 9.55 Å². The maximum Gasteiger partial charge on any atom is 0.264 e. The molecule has 0 aliphatic heterocycles. The van der Waals surface area contributed by atoms with Crippen LogP contribution in [0.3, 0.4) is 0 Å². The summed E-state index contributed by atoms with van der Waals surface area (Å²) in [5.74, 6) is 1.31. The van der Waals surface area contributed by atoms with Gasteiger partial charge in [0.05, 0.1) is 5.39 Å². The molecule has 3 rings (SSSR count). The predicted octanol–water partition coefficient (Wildman–Crippen LogP) is 3.98. The Balaban J connectivity index is 2.06. The highest BCUT2D eigenvalue weighted by Crippen LogP contribution is 2.34. The summed E-state index contributed by atoms with van der Waals surface area (Å²) in [5.41, 5.74) is 1.33. The lowest BCUT2D eigenvalue weighted by Crippen LogP contribution is -2.25. The second-order valence-electron chi connectivity index (χ2n) is 6.64. The Labute approximate surface area is 141 Å². The summed E-state index contributed by atoms with van der Waals surface area (Å²) in [6.07, 6.45) is 7.33. The molecule has 23 heavy (non-hydrogen) atoms. The van der Waals surface area contributed by atoms with E-state index in [-0.39, 0.29) is 5.56 Å². The average molecular weight is 331 g/mol. The number of fused-ring (bicyclic) bond motifs is 3. The van der Waals surface area contributed by atoms with Crippen LogP contribution in [-0.4, -0.2) is 16.1 Å². The number of rotatable bonds is 6. The third kappa shape index (κ3) is 3.20. The number of thiophene rings is 1. The Kier molecular flexibility index (Phi) is 4.85. The molecule has 0 spiro atoms. The molecule has 2 heterocycles. The molecule has 2 aromatic heterocycles. The minimum Gasteiger partial charge on any atom is -0.356 e. The van der Waals surface area contributed by atoms with Crippen LogP contribution < -0.4 is 10.9 Å². The van der Waals surface area contributed by atoms with Gasteiger partial charge in [-0.1, -0.05) is 19.9 Å². The Hall–Kier alpha value is -1.62. The van der Waals surface area contributed by atoms with E-state index in [2.05, 4.69) is 25.7 Å². The van der Waals surface area contributed by atoms with Crippen LogP contribution in [0.1, 0.15) is 43.6 Å². The van der Waals surface area contributed by atoms with Crippen LogP contribution in [0.2, 0.25) is 0 Å². The Morgan fingerprint density at radius 2 is 2.17 bits per heavy atom. The average Bonchev–Trinajstić information content (AvgIpc) is 2.89. The van der Waals surface area contributed by atoms with E-state index in [9.17, 15) is 4.79 Å². The van der Waals surface area contributed by atoms with Crippen LogP contribution in [-0.2, 0) is 19.4 Å². The molecule has 0 bridgehead atoms. The van der Waals surface area contributed by atoms with Crippen molar-refractivity contribution in [2.24, 2.45) is 5.92 Å². The molecule has 0 radical (unpaired) electrons. The Morgan fingerprint density at radius 3 is 2.91 bits per heavy atom. The first-order chi connectivity index (χ1) is 11.1. The lowest BCUT2D eigenvalue weighted by molar-refractivity contribution is 0.603. The largest absolute Gasteiger partial charge is 0.356 e. The molecule has 4 nitrogen and oxygen atoms in total. The number of anilines is 1. The third-order valence-corrected chi connectivity index (χ3v) is 5.58. The van der Waals surface area contributed by atoms with Gasteiger partial charge in [-0.3, -0.25) is 9.36 Å². The number of hydrogen-bond donors (Lipinski definition) is 1. The zero-order valence-electron chi connectivity index (χ0n) is 14.0. The summed E-state index contributed by atoms with van der Waals surface area (Å²) in [4.78, 5) is 20.0. The normalized spacial score (nSPS) is 14.2. The number of aromatic nitrogens is 2. The summed E-state index contributed by atoms with van der Waals surface area (Å²) in [7, 11) is 0. The van der Waals surface area contributed by atoms with Crippen molar-refractivity contribution in [3.8, 4) is 0 Å². The summed E-state index contributed by atoms with van der Waals surface area (Å²) in [6.45, 7) is 9.51. The van der Waals surface area contributed by atoms with Crippen molar-refractivity contribution in [3.05, 3.63) is 33.4 Å². The highest BCUT2D eigenvalue weighted by Gasteiger charge is 2.21. The molecule has 1 N–H and O–H groups in total. The smallest absolute Gasteiger partial charge is 0.264 e. The van der Waals surface area contributed by atoms with Crippen LogP contribution in [0.5, 0.6) is 0 Å². The molecule has 0 amide bonds. The summed E-state index contributed by atoms with van der Waals surface area (Å²) >= 11 is 1.70. The van der Waals surface area contributed by atoms with Gasteiger partial charge in [-0.15, -0.1) is 17.9 Å². The van der Waals surface area contributed by atoms with Crippen LogP contribution in [0.15, 0.2) is 17.4 Å². The third-order valence-electron chi connectivity index (χ3n) is 4.39. The van der Waals surface area contributed by atoms with Crippen molar-refractivity contribution in [2.75, 3.05) is 11.9 Å². The summed E-state index contributed by atoms with van der Waals surface area (Å²) in [5, 5.41) is 4.20. The summed E-state index contributed by atoms with van der Waals surface area (Å²) < 4.78 is 1.73. The molecule has 0 saturated heterocycles. The van der Waals surface area contributed by atoms with Gasteiger partial charge >= 0.3 is 0 Å². The maximum absolute atomic E-state index is 13.0. The zero-order valence-corrected chi connectivity index (χ0v) is 14.8. The van der Waals surface area contributed by atoms with E-state index in [1.165, 1.54) is 23.3 Å². The molecule has 0 fully saturated rings. The van der Waals surface area contributed by atoms with Gasteiger partial charge in [0.1, 0.15) is 4.83 Å². The lowest BCUT2D eigenvalue weighted by Gasteiger charge is -2.14. The summed E-state index contributed by atoms with van der Waals surface area (Å²) in [6, 6.07) is 0. The van der Waals surface area contributed by atoms with E-state index >= 15 is 0 Å². The Bertz CT molecular complexity index is 773. The van der Waals surface area contributed by atoms with Crippen LogP contribution in [0.4, 0.5) is 5.95 Å². The predicted molar refractivity (Wildman–Crippen MR) is 98.7 cm³/mol. The first-order valence-electron chi connectivity index (χ1n) is 8.51. The molecular formula is C18H25N3OS. The van der Waals surface area contributed by atoms with Crippen molar-refractivity contribution in [3.63, 3.8) is 0 Å². The second-order valence-corrected chi connectivity index (χ2v) is 7.72. The van der Waals surface area contributed by atoms with Gasteiger partial charge in [-0.05, 0) is 43.6 Å². The van der Waals surface area contributed by atoms with Crippen LogP contribution in [0.25, 0.3) is 10.2 Å². The lowest BCUT2D eigenvalue weighted by atomic mass is 9.97. The van der Waals surface area contributed by atoms with E-state index in [4.69, 9.17) is 4.98 Å². The minimum absolute atomic E-state index is 0.0846. The van der Waals surface area contributed by atoms with Gasteiger partial charge in [-0.2, -0.15) is 0 Å². The minimum atomic E-state index is 0.0846. The van der Waals surface area contributed by atoms with E-state index in [1.54, 1.807) is 22.0 Å². The molecule has 5 heteroatoms. The standard InChI is InChI=1S/C18H25N3OS/c1-4-11-21-17(22)15-13-7-5-6-8-14(13)23-16(15)20-18(21)19-10-9-12(2)3/h4,12H,1,5-11H2,2-3H3,(H,19,20). The van der Waals surface area contributed by atoms with Gasteiger partial charge in [0.15, 0.2) is 0 Å². The van der Waals surface area contributed by atoms with Gasteiger partial charge in [0.25, 0.3) is 5.56 Å². The highest BCUT2D eigenvalue weighted by atomic mass is 32.1. The van der Waals surface area contributed by atoms with Crippen molar-refractivity contribution in [1.29, 1.82) is 0 Å². The van der Waals surface area contributed by atoms with E-state index < -0.39 is 0 Å². The van der Waals surface area contributed by atoms with Crippen molar-refractivity contribution >= 4 is 27.5 Å². The highest BCUT2D eigenvalue weighted by molar-refractivity contribution is 7.18. The first-order valence-corrected chi connectivity index (χ1v) is 9.33. The number of nitrogens with one attached hydrogen (secondary N) is 1. The molecule has 1 aliphatic rings. The monoisotopic (exact) mass is 331 g/mol. The molecular weight excluding hydrogens is 306 g/mol. The van der Waals surface area contributed by atoms with Gasteiger partial charge in [0.2, 0.25) is 5.95 Å². The van der Waals surface area contributed by atoms with Crippen LogP contribution in [0, 0.1) is 5.92 Å². The SMILES string of the molecule is C=CCn1c(NCCC(C)C)nc2sc3c(c2c1=O)CCCC3. The fourth-order valence-corrected chi connectivity index (χ4v) is 4.40. The second kappa shape index (κ2) is 6.87. The molecule has 2 aromatic rings.